The van der Waals surface area contributed by atoms with Crippen LogP contribution >= 0.6 is 0 Å². The van der Waals surface area contributed by atoms with Gasteiger partial charge in [0.05, 0.1) is 17.8 Å². The molecule has 0 radical (unpaired) electrons. The molecule has 3 heterocycles. The maximum absolute atomic E-state index is 13.0. The van der Waals surface area contributed by atoms with Crippen molar-refractivity contribution < 1.29 is 13.7 Å². The lowest BCUT2D eigenvalue weighted by atomic mass is 9.97. The van der Waals surface area contributed by atoms with Gasteiger partial charge in [-0.15, -0.1) is 0 Å². The van der Waals surface area contributed by atoms with E-state index in [0.29, 0.717) is 28.7 Å². The first-order valence-corrected chi connectivity index (χ1v) is 9.64. The fourth-order valence-electron chi connectivity index (χ4n) is 2.88. The highest BCUT2D eigenvalue weighted by Gasteiger charge is 2.23. The highest BCUT2D eigenvalue weighted by Crippen LogP contribution is 2.26. The first-order valence-electron chi connectivity index (χ1n) is 9.64. The minimum Gasteiger partial charge on any atom is -0.460 e. The maximum atomic E-state index is 13.0. The van der Waals surface area contributed by atoms with E-state index in [2.05, 4.69) is 20.6 Å². The summed E-state index contributed by atoms with van der Waals surface area (Å²) in [6, 6.07) is 13.2. The highest BCUT2D eigenvalue weighted by molar-refractivity contribution is 5.99. The Kier molecular flexibility index (Phi) is 4.99. The normalized spacial score (nSPS) is 11.6. The number of amides is 1. The molecule has 0 atom stereocenters. The highest BCUT2D eigenvalue weighted by atomic mass is 16.5. The third-order valence-corrected chi connectivity index (χ3v) is 4.47. The molecule has 4 rings (SSSR count). The molecule has 0 bridgehead atoms. The number of furan rings is 1. The second kappa shape index (κ2) is 7.62. The molecule has 1 N–H and O–H groups in total. The van der Waals surface area contributed by atoms with Crippen molar-refractivity contribution in [1.29, 1.82) is 0 Å². The summed E-state index contributed by atoms with van der Waals surface area (Å²) < 4.78 is 12.7. The summed E-state index contributed by atoms with van der Waals surface area (Å²) in [5.41, 5.74) is 1.45. The summed E-state index contributed by atoms with van der Waals surface area (Å²) >= 11 is 0. The van der Waals surface area contributed by atoms with E-state index in [4.69, 9.17) is 8.94 Å². The third kappa shape index (κ3) is 4.03. The molecule has 8 nitrogen and oxygen atoms in total. The van der Waals surface area contributed by atoms with Crippen LogP contribution in [0.15, 0.2) is 57.6 Å². The van der Waals surface area contributed by atoms with Crippen LogP contribution in [0.1, 0.15) is 48.6 Å². The average molecular weight is 405 g/mol. The molecule has 1 aromatic carbocycles. The SMILES string of the molecule is Cc1ccc(-c2nn(-c3ccccc3)cc2C(=O)NCc2noc(C(C)(C)C)n2)o1. The molecule has 0 aliphatic heterocycles. The van der Waals surface area contributed by atoms with Crippen molar-refractivity contribution in [1.82, 2.24) is 25.2 Å². The predicted octanol–water partition coefficient (Wildman–Crippen LogP) is 4.05. The molecule has 30 heavy (non-hydrogen) atoms. The minimum atomic E-state index is -0.302. The molecule has 0 aliphatic rings. The summed E-state index contributed by atoms with van der Waals surface area (Å²) in [6.45, 7) is 7.95. The second-order valence-electron chi connectivity index (χ2n) is 8.03. The topological polar surface area (TPSA) is 99.0 Å². The van der Waals surface area contributed by atoms with E-state index in [9.17, 15) is 4.79 Å². The van der Waals surface area contributed by atoms with Gasteiger partial charge in [-0.25, -0.2) is 4.68 Å². The van der Waals surface area contributed by atoms with Gasteiger partial charge < -0.3 is 14.3 Å². The fraction of sp³-hybridized carbons (Fsp3) is 0.273. The largest absolute Gasteiger partial charge is 0.460 e. The molecule has 0 spiro atoms. The molecule has 3 aromatic heterocycles. The van der Waals surface area contributed by atoms with Gasteiger partial charge in [-0.05, 0) is 31.2 Å². The van der Waals surface area contributed by atoms with Crippen LogP contribution in [0, 0.1) is 6.92 Å². The number of aryl methyl sites for hydroxylation is 1. The number of nitrogens with one attached hydrogen (secondary N) is 1. The first kappa shape index (κ1) is 19.6. The van der Waals surface area contributed by atoms with Gasteiger partial charge in [-0.1, -0.05) is 44.1 Å². The van der Waals surface area contributed by atoms with Gasteiger partial charge in [0.15, 0.2) is 11.6 Å². The van der Waals surface area contributed by atoms with Gasteiger partial charge in [0.1, 0.15) is 11.5 Å². The number of carbonyl (C=O) groups is 1. The molecule has 8 heteroatoms. The number of para-hydroxylation sites is 1. The van der Waals surface area contributed by atoms with Crippen LogP contribution in [0.25, 0.3) is 17.1 Å². The zero-order valence-electron chi connectivity index (χ0n) is 17.3. The van der Waals surface area contributed by atoms with Gasteiger partial charge in [0.2, 0.25) is 5.89 Å². The van der Waals surface area contributed by atoms with Gasteiger partial charge in [0, 0.05) is 11.6 Å². The number of hydrogen-bond donors (Lipinski definition) is 1. The first-order chi connectivity index (χ1) is 14.3. The van der Waals surface area contributed by atoms with E-state index in [1.807, 2.05) is 64.1 Å². The Hall–Kier alpha value is -3.68. The molecule has 0 saturated carbocycles. The molecule has 0 unspecified atom stereocenters. The molecule has 0 fully saturated rings. The summed E-state index contributed by atoms with van der Waals surface area (Å²) in [5.74, 6) is 1.91. The van der Waals surface area contributed by atoms with Crippen LogP contribution in [-0.4, -0.2) is 25.8 Å². The quantitative estimate of drug-likeness (QED) is 0.538. The van der Waals surface area contributed by atoms with E-state index in [1.165, 1.54) is 0 Å². The van der Waals surface area contributed by atoms with E-state index in [-0.39, 0.29) is 17.9 Å². The number of carbonyl (C=O) groups excluding carboxylic acids is 1. The number of nitrogens with zero attached hydrogens (tertiary/aromatic N) is 4. The third-order valence-electron chi connectivity index (χ3n) is 4.47. The number of benzene rings is 1. The Morgan fingerprint density at radius 1 is 1.13 bits per heavy atom. The zero-order valence-corrected chi connectivity index (χ0v) is 17.3. The summed E-state index contributed by atoms with van der Waals surface area (Å²) in [4.78, 5) is 17.3. The van der Waals surface area contributed by atoms with Gasteiger partial charge >= 0.3 is 0 Å². The second-order valence-corrected chi connectivity index (χ2v) is 8.03. The fourth-order valence-corrected chi connectivity index (χ4v) is 2.88. The van der Waals surface area contributed by atoms with Crippen LogP contribution < -0.4 is 5.32 Å². The van der Waals surface area contributed by atoms with Gasteiger partial charge in [-0.3, -0.25) is 4.79 Å². The van der Waals surface area contributed by atoms with Gasteiger partial charge in [-0.2, -0.15) is 10.1 Å². The molecule has 0 aliphatic carbocycles. The van der Waals surface area contributed by atoms with Crippen molar-refractivity contribution in [2.24, 2.45) is 0 Å². The lowest BCUT2D eigenvalue weighted by Gasteiger charge is -2.10. The van der Waals surface area contributed by atoms with Crippen LogP contribution in [0.2, 0.25) is 0 Å². The Morgan fingerprint density at radius 2 is 1.90 bits per heavy atom. The number of aromatic nitrogens is 4. The number of rotatable bonds is 5. The molecule has 1 amide bonds. The van der Waals surface area contributed by atoms with Crippen molar-refractivity contribution >= 4 is 5.91 Å². The monoisotopic (exact) mass is 405 g/mol. The average Bonchev–Trinajstić information content (AvgIpc) is 3.45. The van der Waals surface area contributed by atoms with Crippen molar-refractivity contribution in [3.8, 4) is 17.1 Å². The van der Waals surface area contributed by atoms with E-state index < -0.39 is 0 Å². The lowest BCUT2D eigenvalue weighted by Crippen LogP contribution is -2.23. The van der Waals surface area contributed by atoms with E-state index in [1.54, 1.807) is 16.9 Å². The van der Waals surface area contributed by atoms with Crippen molar-refractivity contribution in [2.75, 3.05) is 0 Å². The van der Waals surface area contributed by atoms with Crippen LogP contribution in [0.4, 0.5) is 0 Å². The van der Waals surface area contributed by atoms with Crippen molar-refractivity contribution in [3.05, 3.63) is 71.7 Å². The summed E-state index contributed by atoms with van der Waals surface area (Å²) in [6.07, 6.45) is 1.69. The molecular weight excluding hydrogens is 382 g/mol. The molecule has 154 valence electrons. The minimum absolute atomic E-state index is 0.144. The Balaban J connectivity index is 1.61. The molecule has 0 saturated heterocycles. The van der Waals surface area contributed by atoms with E-state index in [0.717, 1.165) is 11.4 Å². The Labute approximate surface area is 173 Å². The lowest BCUT2D eigenvalue weighted by molar-refractivity contribution is 0.0950. The van der Waals surface area contributed by atoms with E-state index >= 15 is 0 Å². The van der Waals surface area contributed by atoms with Crippen LogP contribution in [0.5, 0.6) is 0 Å². The molecule has 4 aromatic rings. The van der Waals surface area contributed by atoms with Crippen LogP contribution in [-0.2, 0) is 12.0 Å². The standard InChI is InChI=1S/C22H23N5O3/c1-14-10-11-17(29-14)19-16(13-27(25-19)15-8-6-5-7-9-15)20(28)23-12-18-24-21(30-26-18)22(2,3)4/h5-11,13H,12H2,1-4H3,(H,23,28). The van der Waals surface area contributed by atoms with Crippen LogP contribution in [0.3, 0.4) is 0 Å². The van der Waals surface area contributed by atoms with Crippen molar-refractivity contribution in [3.63, 3.8) is 0 Å². The Bertz CT molecular complexity index is 1170. The number of hydrogen-bond acceptors (Lipinski definition) is 6. The summed E-state index contributed by atoms with van der Waals surface area (Å²) in [7, 11) is 0. The predicted molar refractivity (Wildman–Crippen MR) is 110 cm³/mol. The smallest absolute Gasteiger partial charge is 0.255 e. The summed E-state index contributed by atoms with van der Waals surface area (Å²) in [5, 5.41) is 11.4. The van der Waals surface area contributed by atoms with Gasteiger partial charge in [0.25, 0.3) is 5.91 Å². The zero-order chi connectivity index (χ0) is 21.3. The Morgan fingerprint density at radius 3 is 2.53 bits per heavy atom. The maximum Gasteiger partial charge on any atom is 0.255 e. The van der Waals surface area contributed by atoms with Crippen molar-refractivity contribution in [2.45, 2.75) is 39.7 Å². The molecular formula is C22H23N5O3.